The summed E-state index contributed by atoms with van der Waals surface area (Å²) < 4.78 is 5.20. The number of nitrogens with one attached hydrogen (secondary N) is 2. The van der Waals surface area contributed by atoms with Crippen LogP contribution in [0.15, 0.2) is 60.7 Å². The van der Waals surface area contributed by atoms with Gasteiger partial charge in [0, 0.05) is 6.42 Å². The van der Waals surface area contributed by atoms with Gasteiger partial charge < -0.3 is 15.4 Å². The molecule has 0 radical (unpaired) electrons. The number of halogens is 1. The highest BCUT2D eigenvalue weighted by Crippen LogP contribution is 2.06. The van der Waals surface area contributed by atoms with E-state index in [-0.39, 0.29) is 24.7 Å². The van der Waals surface area contributed by atoms with Crippen LogP contribution in [0.25, 0.3) is 0 Å². The monoisotopic (exact) mass is 402 g/mol. The number of hydrogen-bond acceptors (Lipinski definition) is 4. The number of ether oxygens (including phenoxy) is 1. The molecule has 0 aliphatic heterocycles. The number of carbonyl (C=O) groups is 3. The van der Waals surface area contributed by atoms with Crippen molar-refractivity contribution in [2.75, 3.05) is 5.88 Å². The highest BCUT2D eigenvalue weighted by atomic mass is 35.5. The van der Waals surface area contributed by atoms with Crippen LogP contribution < -0.4 is 10.6 Å². The Bertz CT molecular complexity index is 784. The number of rotatable bonds is 9. The van der Waals surface area contributed by atoms with Crippen LogP contribution in [0.2, 0.25) is 0 Å². The van der Waals surface area contributed by atoms with Gasteiger partial charge in [0.1, 0.15) is 12.6 Å². The fourth-order valence-electron chi connectivity index (χ4n) is 2.48. The zero-order valence-corrected chi connectivity index (χ0v) is 16.3. The van der Waals surface area contributed by atoms with Gasteiger partial charge in [0.2, 0.25) is 5.91 Å². The summed E-state index contributed by atoms with van der Waals surface area (Å²) in [4.78, 5) is 36.5. The summed E-state index contributed by atoms with van der Waals surface area (Å²) in [5.41, 5.74) is 1.70. The predicted molar refractivity (Wildman–Crippen MR) is 107 cm³/mol. The maximum Gasteiger partial charge on any atom is 0.408 e. The first-order valence-corrected chi connectivity index (χ1v) is 9.43. The van der Waals surface area contributed by atoms with Crippen molar-refractivity contribution in [1.29, 1.82) is 0 Å². The van der Waals surface area contributed by atoms with E-state index in [0.29, 0.717) is 0 Å². The van der Waals surface area contributed by atoms with E-state index in [9.17, 15) is 14.4 Å². The number of benzene rings is 2. The molecule has 0 heterocycles. The summed E-state index contributed by atoms with van der Waals surface area (Å²) in [6.07, 6.45) is -0.453. The summed E-state index contributed by atoms with van der Waals surface area (Å²) in [6, 6.07) is 16.8. The SMILES string of the molecule is C[C@H](NC(=O)[C@H](Cc1ccccc1)NC(=O)OCc1ccccc1)C(=O)CCl. The van der Waals surface area contributed by atoms with Crippen LogP contribution in [0.4, 0.5) is 4.79 Å². The lowest BCUT2D eigenvalue weighted by atomic mass is 10.0. The van der Waals surface area contributed by atoms with Crippen molar-refractivity contribution in [3.05, 3.63) is 71.8 Å². The van der Waals surface area contributed by atoms with Crippen molar-refractivity contribution in [2.45, 2.75) is 32.0 Å². The number of carbonyl (C=O) groups excluding carboxylic acids is 3. The smallest absolute Gasteiger partial charge is 0.408 e. The van der Waals surface area contributed by atoms with Crippen LogP contribution in [0, 0.1) is 0 Å². The van der Waals surface area contributed by atoms with Gasteiger partial charge in [-0.2, -0.15) is 0 Å². The Balaban J connectivity index is 2.01. The molecule has 0 aromatic heterocycles. The first kappa shape index (κ1) is 21.4. The molecular weight excluding hydrogens is 380 g/mol. The zero-order chi connectivity index (χ0) is 20.4. The summed E-state index contributed by atoms with van der Waals surface area (Å²) in [7, 11) is 0. The van der Waals surface area contributed by atoms with Crippen molar-refractivity contribution in [2.24, 2.45) is 0 Å². The molecule has 6 nitrogen and oxygen atoms in total. The molecule has 0 saturated heterocycles. The highest BCUT2D eigenvalue weighted by molar-refractivity contribution is 6.28. The summed E-state index contributed by atoms with van der Waals surface area (Å²) in [5, 5.41) is 5.17. The van der Waals surface area contributed by atoms with Crippen LogP contribution >= 0.6 is 11.6 Å². The van der Waals surface area contributed by atoms with Crippen LogP contribution in [0.5, 0.6) is 0 Å². The molecule has 2 aromatic rings. The fourth-order valence-corrected chi connectivity index (χ4v) is 2.71. The molecule has 7 heteroatoms. The van der Waals surface area contributed by atoms with E-state index in [1.807, 2.05) is 60.7 Å². The number of alkyl halides is 1. The lowest BCUT2D eigenvalue weighted by molar-refractivity contribution is -0.127. The number of hydrogen-bond donors (Lipinski definition) is 2. The molecule has 2 aromatic carbocycles. The van der Waals surface area contributed by atoms with Gasteiger partial charge in [-0.25, -0.2) is 4.79 Å². The van der Waals surface area contributed by atoms with Crippen molar-refractivity contribution >= 4 is 29.4 Å². The number of ketones is 1. The molecule has 0 fully saturated rings. The zero-order valence-electron chi connectivity index (χ0n) is 15.6. The largest absolute Gasteiger partial charge is 0.445 e. The maximum absolute atomic E-state index is 12.6. The van der Waals surface area contributed by atoms with Gasteiger partial charge in [0.05, 0.1) is 11.9 Å². The second-order valence-electron chi connectivity index (χ2n) is 6.28. The predicted octanol–water partition coefficient (Wildman–Crippen LogP) is 2.84. The van der Waals surface area contributed by atoms with Gasteiger partial charge >= 0.3 is 6.09 Å². The van der Waals surface area contributed by atoms with Gasteiger partial charge in [-0.3, -0.25) is 9.59 Å². The molecule has 28 heavy (non-hydrogen) atoms. The quantitative estimate of drug-likeness (QED) is 0.631. The fraction of sp³-hybridized carbons (Fsp3) is 0.286. The van der Waals surface area contributed by atoms with E-state index in [0.717, 1.165) is 11.1 Å². The van der Waals surface area contributed by atoms with Crippen molar-refractivity contribution in [1.82, 2.24) is 10.6 Å². The molecule has 0 saturated carbocycles. The summed E-state index contributed by atoms with van der Waals surface area (Å²) >= 11 is 5.53. The Kier molecular flexibility index (Phi) is 8.49. The molecule has 0 spiro atoms. The first-order chi connectivity index (χ1) is 13.5. The van der Waals surface area contributed by atoms with Crippen molar-refractivity contribution in [3.8, 4) is 0 Å². The van der Waals surface area contributed by atoms with E-state index < -0.39 is 24.1 Å². The topological polar surface area (TPSA) is 84.5 Å². The first-order valence-electron chi connectivity index (χ1n) is 8.89. The van der Waals surface area contributed by atoms with Crippen LogP contribution in [-0.4, -0.2) is 35.7 Å². The molecule has 2 N–H and O–H groups in total. The van der Waals surface area contributed by atoms with E-state index in [4.69, 9.17) is 16.3 Å². The third-order valence-electron chi connectivity index (χ3n) is 4.08. The molecule has 0 bridgehead atoms. The Morgan fingerprint density at radius 2 is 1.50 bits per heavy atom. The number of amides is 2. The normalized spacial score (nSPS) is 12.5. The summed E-state index contributed by atoms with van der Waals surface area (Å²) in [5.74, 6) is -0.983. The van der Waals surface area contributed by atoms with E-state index in [1.165, 1.54) is 0 Å². The molecular formula is C21H23ClN2O4. The molecule has 0 unspecified atom stereocenters. The minimum Gasteiger partial charge on any atom is -0.445 e. The third-order valence-corrected chi connectivity index (χ3v) is 4.34. The maximum atomic E-state index is 12.6. The van der Waals surface area contributed by atoms with Gasteiger partial charge in [-0.1, -0.05) is 60.7 Å². The van der Waals surface area contributed by atoms with E-state index >= 15 is 0 Å². The summed E-state index contributed by atoms with van der Waals surface area (Å²) in [6.45, 7) is 1.64. The minimum absolute atomic E-state index is 0.0908. The second kappa shape index (κ2) is 11.1. The number of Topliss-reactive ketones (excluding diaryl/α,β-unsaturated/α-hetero) is 1. The average Bonchev–Trinajstić information content (AvgIpc) is 2.72. The average molecular weight is 403 g/mol. The van der Waals surface area contributed by atoms with Gasteiger partial charge in [0.25, 0.3) is 0 Å². The van der Waals surface area contributed by atoms with Gasteiger partial charge in [-0.15, -0.1) is 11.6 Å². The molecule has 2 rings (SSSR count). The Morgan fingerprint density at radius 1 is 0.929 bits per heavy atom. The molecule has 0 aliphatic carbocycles. The van der Waals surface area contributed by atoms with Gasteiger partial charge in [-0.05, 0) is 18.1 Å². The Hall–Kier alpha value is -2.86. The molecule has 0 aliphatic rings. The van der Waals surface area contributed by atoms with Crippen molar-refractivity contribution < 1.29 is 19.1 Å². The lowest BCUT2D eigenvalue weighted by Crippen LogP contribution is -2.52. The molecule has 2 amide bonds. The van der Waals surface area contributed by atoms with E-state index in [1.54, 1.807) is 6.92 Å². The van der Waals surface area contributed by atoms with Crippen LogP contribution in [0.3, 0.4) is 0 Å². The second-order valence-corrected chi connectivity index (χ2v) is 6.55. The highest BCUT2D eigenvalue weighted by Gasteiger charge is 2.25. The standard InChI is InChI=1S/C21H23ClN2O4/c1-15(19(25)13-22)23-20(26)18(12-16-8-4-2-5-9-16)24-21(27)28-14-17-10-6-3-7-11-17/h2-11,15,18H,12-14H2,1H3,(H,23,26)(H,24,27)/t15-,18-/m0/s1. The number of alkyl carbamates (subject to hydrolysis) is 1. The molecule has 148 valence electrons. The molecule has 2 atom stereocenters. The Morgan fingerprint density at radius 3 is 2.07 bits per heavy atom. The van der Waals surface area contributed by atoms with Gasteiger partial charge in [0.15, 0.2) is 5.78 Å². The van der Waals surface area contributed by atoms with Crippen molar-refractivity contribution in [3.63, 3.8) is 0 Å². The van der Waals surface area contributed by atoms with Crippen LogP contribution in [0.1, 0.15) is 18.1 Å². The Labute approximate surface area is 169 Å². The lowest BCUT2D eigenvalue weighted by Gasteiger charge is -2.20. The van der Waals surface area contributed by atoms with E-state index in [2.05, 4.69) is 10.6 Å². The van der Waals surface area contributed by atoms with Crippen LogP contribution in [-0.2, 0) is 27.4 Å². The third kappa shape index (κ3) is 7.04. The minimum atomic E-state index is -0.892.